The maximum Gasteiger partial charge on any atom is 0.234 e. The number of benzene rings is 7. The van der Waals surface area contributed by atoms with Crippen LogP contribution in [-0.4, -0.2) is 33.6 Å². The summed E-state index contributed by atoms with van der Waals surface area (Å²) in [4.78, 5) is 19.4. The Balaban J connectivity index is 0.929. The second-order valence-corrected chi connectivity index (χ2v) is 16.0. The Morgan fingerprint density at radius 2 is 0.677 bits per heavy atom. The van der Waals surface area contributed by atoms with Gasteiger partial charge in [-0.15, -0.1) is 0 Å². The van der Waals surface area contributed by atoms with Gasteiger partial charge in [0.1, 0.15) is 34.6 Å². The van der Waals surface area contributed by atoms with Crippen molar-refractivity contribution in [3.05, 3.63) is 213 Å². The minimum absolute atomic E-state index is 0.529. The fraction of sp³-hybridized carbons (Fsp3) is 0. The zero-order valence-corrected chi connectivity index (χ0v) is 34.7. The lowest BCUT2D eigenvalue weighted by molar-refractivity contribution is 0.484. The van der Waals surface area contributed by atoms with Gasteiger partial charge in [0.2, 0.25) is 5.95 Å². The molecule has 0 amide bonds. The minimum atomic E-state index is 0.529. The van der Waals surface area contributed by atoms with Crippen LogP contribution >= 0.6 is 0 Å². The highest BCUT2D eigenvalue weighted by Gasteiger charge is 2.19. The van der Waals surface area contributed by atoms with Gasteiger partial charge in [-0.25, -0.2) is 19.9 Å². The quantitative estimate of drug-likeness (QED) is 0.152. The number of hydrogen-bond donors (Lipinski definition) is 0. The molecule has 0 saturated carbocycles. The van der Waals surface area contributed by atoms with Crippen molar-refractivity contribution in [1.82, 2.24) is 33.6 Å². The maximum absolute atomic E-state index is 6.73. The summed E-state index contributed by atoms with van der Waals surface area (Å²) in [5.74, 6) is 4.98. The largest absolute Gasteiger partial charge is 0.457 e. The second-order valence-electron chi connectivity index (χ2n) is 16.0. The predicted octanol–water partition coefficient (Wildman–Crippen LogP) is 13.8. The molecule has 306 valence electrons. The van der Waals surface area contributed by atoms with E-state index in [2.05, 4.69) is 123 Å². The molecule has 7 aromatic carbocycles. The van der Waals surface area contributed by atoms with Crippen LogP contribution in [0.5, 0.6) is 23.0 Å². The van der Waals surface area contributed by atoms with Gasteiger partial charge in [-0.3, -0.25) is 13.7 Å². The molecule has 13 aromatic rings. The van der Waals surface area contributed by atoms with E-state index in [0.717, 1.165) is 88.2 Å². The Hall–Kier alpha value is -9.08. The monoisotopic (exact) mass is 837 g/mol. The van der Waals surface area contributed by atoms with E-state index in [1.54, 1.807) is 0 Å². The summed E-state index contributed by atoms with van der Waals surface area (Å²) < 4.78 is 19.9. The zero-order chi connectivity index (χ0) is 42.8. The average molecular weight is 838 g/mol. The highest BCUT2D eigenvalue weighted by molar-refractivity contribution is 6.11. The Morgan fingerprint density at radius 1 is 0.292 bits per heavy atom. The third-order valence-corrected chi connectivity index (χ3v) is 12.2. The lowest BCUT2D eigenvalue weighted by Gasteiger charge is -2.11. The molecule has 6 aromatic heterocycles. The predicted molar refractivity (Wildman–Crippen MR) is 259 cm³/mol. The van der Waals surface area contributed by atoms with E-state index in [1.165, 1.54) is 0 Å². The van der Waals surface area contributed by atoms with Crippen LogP contribution in [0.4, 0.5) is 0 Å². The highest BCUT2D eigenvalue weighted by atomic mass is 16.5. The van der Waals surface area contributed by atoms with E-state index in [0.29, 0.717) is 28.9 Å². The van der Waals surface area contributed by atoms with Crippen molar-refractivity contribution in [2.24, 2.45) is 0 Å². The number of para-hydroxylation sites is 2. The summed E-state index contributed by atoms with van der Waals surface area (Å²) in [5.41, 5.74) is 7.95. The Labute approximate surface area is 371 Å². The normalized spacial score (nSPS) is 11.7. The molecule has 0 saturated heterocycles. The molecule has 6 heterocycles. The molecule has 13 rings (SSSR count). The van der Waals surface area contributed by atoms with Gasteiger partial charge in [-0.05, 0) is 90.5 Å². The number of ether oxygens (including phenoxy) is 2. The van der Waals surface area contributed by atoms with Crippen molar-refractivity contribution in [1.29, 1.82) is 0 Å². The number of fused-ring (bicyclic) bond motifs is 9. The first kappa shape index (κ1) is 36.6. The van der Waals surface area contributed by atoms with Crippen molar-refractivity contribution in [3.8, 4) is 51.7 Å². The summed E-state index contributed by atoms with van der Waals surface area (Å²) >= 11 is 0. The first-order valence-corrected chi connectivity index (χ1v) is 21.4. The molecule has 0 aliphatic carbocycles. The van der Waals surface area contributed by atoms with Gasteiger partial charge in [0.05, 0.1) is 33.1 Å². The Morgan fingerprint density at radius 3 is 1.11 bits per heavy atom. The Bertz CT molecular complexity index is 3720. The molecule has 65 heavy (non-hydrogen) atoms. The number of pyridine rings is 2. The van der Waals surface area contributed by atoms with Crippen LogP contribution < -0.4 is 9.47 Å². The highest BCUT2D eigenvalue weighted by Crippen LogP contribution is 2.40. The number of nitrogens with zero attached hydrogens (tertiary/aromatic N) is 7. The average Bonchev–Trinajstić information content (AvgIpc) is 3.99. The van der Waals surface area contributed by atoms with Crippen LogP contribution in [-0.2, 0) is 0 Å². The van der Waals surface area contributed by atoms with Gasteiger partial charge in [-0.2, -0.15) is 0 Å². The summed E-state index contributed by atoms with van der Waals surface area (Å²) in [7, 11) is 0. The first-order chi connectivity index (χ1) is 32.2. The molecule has 9 heteroatoms. The molecule has 0 atom stereocenters. The van der Waals surface area contributed by atoms with E-state index in [-0.39, 0.29) is 0 Å². The van der Waals surface area contributed by atoms with Crippen molar-refractivity contribution in [2.45, 2.75) is 0 Å². The zero-order valence-electron chi connectivity index (χ0n) is 34.7. The van der Waals surface area contributed by atoms with E-state index in [4.69, 9.17) is 29.4 Å². The first-order valence-electron chi connectivity index (χ1n) is 21.4. The van der Waals surface area contributed by atoms with Crippen molar-refractivity contribution in [2.75, 3.05) is 0 Å². The molecule has 0 aliphatic rings. The number of rotatable bonds is 8. The van der Waals surface area contributed by atoms with E-state index < -0.39 is 0 Å². The molecule has 0 unspecified atom stereocenters. The molecular weight excluding hydrogens is 803 g/mol. The standard InChI is InChI=1S/C56H35N7O2/c1-2-12-36(13-3-1)37-34-59-56(60-35-37)63-52-32-40(64-38-20-24-44-42-14-4-6-16-48(42)61(50(44)30-38)54-18-8-10-28-57-54)22-26-46(52)47-27-23-41(33-53(47)63)65-39-21-25-45-43-15-5-7-17-49(43)62(51(45)31-39)55-19-9-11-29-58-55/h1-35H. The van der Waals surface area contributed by atoms with Gasteiger partial charge >= 0.3 is 0 Å². The van der Waals surface area contributed by atoms with Crippen molar-refractivity contribution < 1.29 is 9.47 Å². The van der Waals surface area contributed by atoms with Gasteiger partial charge in [0.25, 0.3) is 0 Å². The third kappa shape index (κ3) is 6.09. The van der Waals surface area contributed by atoms with Gasteiger partial charge in [0, 0.05) is 86.9 Å². The summed E-state index contributed by atoms with van der Waals surface area (Å²) in [5, 5.41) is 6.61. The summed E-state index contributed by atoms with van der Waals surface area (Å²) in [6.45, 7) is 0. The van der Waals surface area contributed by atoms with Gasteiger partial charge in [-0.1, -0.05) is 78.9 Å². The van der Waals surface area contributed by atoms with Crippen LogP contribution in [0, 0.1) is 0 Å². The topological polar surface area (TPSA) is 84.8 Å². The second kappa shape index (κ2) is 14.8. The van der Waals surface area contributed by atoms with E-state index >= 15 is 0 Å². The van der Waals surface area contributed by atoms with Crippen molar-refractivity contribution >= 4 is 65.4 Å². The fourth-order valence-corrected chi connectivity index (χ4v) is 9.30. The summed E-state index contributed by atoms with van der Waals surface area (Å²) in [6.07, 6.45) is 7.40. The lowest BCUT2D eigenvalue weighted by atomic mass is 10.1. The van der Waals surface area contributed by atoms with Gasteiger partial charge in [0.15, 0.2) is 0 Å². The molecule has 9 nitrogen and oxygen atoms in total. The van der Waals surface area contributed by atoms with E-state index in [1.807, 2.05) is 104 Å². The van der Waals surface area contributed by atoms with Crippen LogP contribution in [0.2, 0.25) is 0 Å². The van der Waals surface area contributed by atoms with Crippen LogP contribution in [0.3, 0.4) is 0 Å². The van der Waals surface area contributed by atoms with Crippen LogP contribution in [0.1, 0.15) is 0 Å². The maximum atomic E-state index is 6.73. The molecule has 0 N–H and O–H groups in total. The number of hydrogen-bond acceptors (Lipinski definition) is 6. The fourth-order valence-electron chi connectivity index (χ4n) is 9.30. The van der Waals surface area contributed by atoms with E-state index in [9.17, 15) is 0 Å². The molecule has 0 spiro atoms. The Kier molecular flexibility index (Phi) is 8.32. The lowest BCUT2D eigenvalue weighted by Crippen LogP contribution is -2.01. The van der Waals surface area contributed by atoms with Crippen LogP contribution in [0.15, 0.2) is 213 Å². The molecule has 0 bridgehead atoms. The minimum Gasteiger partial charge on any atom is -0.457 e. The number of aromatic nitrogens is 7. The summed E-state index contributed by atoms with van der Waals surface area (Å²) in [6, 6.07) is 63.8. The van der Waals surface area contributed by atoms with Crippen molar-refractivity contribution in [3.63, 3.8) is 0 Å². The molecule has 0 radical (unpaired) electrons. The van der Waals surface area contributed by atoms with Crippen LogP contribution in [0.25, 0.3) is 94.1 Å². The molecular formula is C56H35N7O2. The molecule has 0 aliphatic heterocycles. The third-order valence-electron chi connectivity index (χ3n) is 12.2. The molecule has 0 fully saturated rings. The SMILES string of the molecule is c1ccc(-c2cnc(-n3c4cc(Oc5ccc6c7ccccc7n(-c7ccccn7)c6c5)ccc4c4ccc(Oc5ccc6c7ccccc7n(-c7ccccn7)c6c5)cc43)nc2)cc1. The van der Waals surface area contributed by atoms with Gasteiger partial charge < -0.3 is 9.47 Å². The smallest absolute Gasteiger partial charge is 0.234 e.